The van der Waals surface area contributed by atoms with E-state index in [4.69, 9.17) is 10.5 Å². The Kier molecular flexibility index (Phi) is 5.28. The first kappa shape index (κ1) is 15.9. The third kappa shape index (κ3) is 4.24. The van der Waals surface area contributed by atoms with E-state index in [2.05, 4.69) is 42.7 Å². The van der Waals surface area contributed by atoms with Crippen molar-refractivity contribution in [3.8, 4) is 5.88 Å². The summed E-state index contributed by atoms with van der Waals surface area (Å²) in [4.78, 5) is 9.24. The van der Waals surface area contributed by atoms with E-state index in [1.165, 1.54) is 12.8 Å². The minimum absolute atomic E-state index is 0.460. The lowest BCUT2D eigenvalue weighted by atomic mass is 10.0. The Morgan fingerprint density at radius 3 is 2.67 bits per heavy atom. The highest BCUT2D eigenvalue weighted by molar-refractivity contribution is 5.54. The summed E-state index contributed by atoms with van der Waals surface area (Å²) in [6.07, 6.45) is 2.34. The predicted molar refractivity (Wildman–Crippen MR) is 87.9 cm³/mol. The van der Waals surface area contributed by atoms with E-state index in [-0.39, 0.29) is 0 Å². The largest absolute Gasteiger partial charge is 0.476 e. The number of aromatic nitrogens is 1. The van der Waals surface area contributed by atoms with Crippen LogP contribution in [0.2, 0.25) is 0 Å². The molecule has 0 aliphatic carbocycles. The van der Waals surface area contributed by atoms with Crippen molar-refractivity contribution in [1.29, 1.82) is 0 Å². The molecule has 21 heavy (non-hydrogen) atoms. The molecule has 0 amide bonds. The van der Waals surface area contributed by atoms with Crippen LogP contribution in [0, 0.1) is 5.92 Å². The molecule has 1 aromatic rings. The molecule has 0 aromatic carbocycles. The molecule has 0 saturated carbocycles. The van der Waals surface area contributed by atoms with Gasteiger partial charge in [-0.3, -0.25) is 0 Å². The van der Waals surface area contributed by atoms with Crippen LogP contribution in [0.25, 0.3) is 0 Å². The minimum Gasteiger partial charge on any atom is -0.476 e. The van der Waals surface area contributed by atoms with E-state index in [0.717, 1.165) is 18.9 Å². The zero-order chi connectivity index (χ0) is 15.4. The lowest BCUT2D eigenvalue weighted by Crippen LogP contribution is -2.42. The first-order valence-corrected chi connectivity index (χ1v) is 7.78. The Bertz CT molecular complexity index is 456. The molecule has 2 rings (SSSR count). The Hall–Kier alpha value is -1.49. The van der Waals surface area contributed by atoms with Gasteiger partial charge in [-0.2, -0.15) is 4.98 Å². The highest BCUT2D eigenvalue weighted by Gasteiger charge is 2.22. The summed E-state index contributed by atoms with van der Waals surface area (Å²) < 4.78 is 5.72. The molecule has 1 saturated heterocycles. The number of hydrogen-bond acceptors (Lipinski definition) is 5. The van der Waals surface area contributed by atoms with Crippen LogP contribution in [0.1, 0.15) is 26.7 Å². The second-order valence-corrected chi connectivity index (χ2v) is 6.41. The zero-order valence-electron chi connectivity index (χ0n) is 13.7. The van der Waals surface area contributed by atoms with Gasteiger partial charge in [0.1, 0.15) is 5.82 Å². The van der Waals surface area contributed by atoms with Crippen molar-refractivity contribution in [2.45, 2.75) is 32.7 Å². The molecule has 2 heterocycles. The van der Waals surface area contributed by atoms with Crippen LogP contribution >= 0.6 is 0 Å². The number of ether oxygens (including phenoxy) is 1. The number of rotatable bonds is 5. The average Bonchev–Trinajstić information content (AvgIpc) is 2.46. The van der Waals surface area contributed by atoms with Gasteiger partial charge in [0.25, 0.3) is 0 Å². The zero-order valence-corrected chi connectivity index (χ0v) is 13.7. The number of pyridine rings is 1. The van der Waals surface area contributed by atoms with E-state index in [9.17, 15) is 0 Å². The molecule has 0 atom stereocenters. The summed E-state index contributed by atoms with van der Waals surface area (Å²) in [6.45, 7) is 7.15. The quantitative estimate of drug-likeness (QED) is 0.902. The first-order valence-electron chi connectivity index (χ1n) is 7.78. The maximum absolute atomic E-state index is 5.96. The normalized spacial score (nSPS) is 17.2. The number of nitrogen functional groups attached to an aromatic ring is 1. The number of nitrogens with two attached hydrogens (primary N) is 1. The Morgan fingerprint density at radius 1 is 1.38 bits per heavy atom. The average molecular weight is 292 g/mol. The minimum atomic E-state index is 0.460. The van der Waals surface area contributed by atoms with E-state index in [1.807, 2.05) is 12.1 Å². The topological polar surface area (TPSA) is 54.6 Å². The molecule has 0 radical (unpaired) electrons. The Balaban J connectivity index is 2.06. The Morgan fingerprint density at radius 2 is 2.05 bits per heavy atom. The molecule has 118 valence electrons. The van der Waals surface area contributed by atoms with Crippen LogP contribution in [-0.4, -0.2) is 49.7 Å². The summed E-state index contributed by atoms with van der Waals surface area (Å²) in [5.41, 5.74) is 6.57. The second kappa shape index (κ2) is 6.98. The van der Waals surface area contributed by atoms with Gasteiger partial charge in [0, 0.05) is 13.1 Å². The van der Waals surface area contributed by atoms with Gasteiger partial charge in [0.15, 0.2) is 0 Å². The van der Waals surface area contributed by atoms with Gasteiger partial charge in [0.2, 0.25) is 5.88 Å². The number of anilines is 2. The summed E-state index contributed by atoms with van der Waals surface area (Å²) in [5, 5.41) is 0. The van der Waals surface area contributed by atoms with E-state index in [0.29, 0.717) is 30.1 Å². The van der Waals surface area contributed by atoms with Crippen LogP contribution in [0.5, 0.6) is 5.88 Å². The van der Waals surface area contributed by atoms with E-state index in [1.54, 1.807) is 0 Å². The van der Waals surface area contributed by atoms with Crippen molar-refractivity contribution in [1.82, 2.24) is 9.88 Å². The second-order valence-electron chi connectivity index (χ2n) is 6.41. The monoisotopic (exact) mass is 292 g/mol. The molecular weight excluding hydrogens is 264 g/mol. The van der Waals surface area contributed by atoms with Crippen LogP contribution in [0.4, 0.5) is 11.5 Å². The number of hydrogen-bond donors (Lipinski definition) is 1. The standard InChI is InChI=1S/C16H28N4O/c1-12(2)11-21-16-14(17)5-6-15(18-16)20(4)13-7-9-19(3)10-8-13/h5-6,12-13H,7-11,17H2,1-4H3. The maximum Gasteiger partial charge on any atom is 0.239 e. The van der Waals surface area contributed by atoms with Gasteiger partial charge in [-0.05, 0) is 51.0 Å². The van der Waals surface area contributed by atoms with Crippen LogP contribution in [0.15, 0.2) is 12.1 Å². The van der Waals surface area contributed by atoms with Crippen molar-refractivity contribution in [3.05, 3.63) is 12.1 Å². The number of likely N-dealkylation sites (tertiary alicyclic amines) is 1. The molecule has 1 aliphatic heterocycles. The fourth-order valence-corrected chi connectivity index (χ4v) is 2.57. The van der Waals surface area contributed by atoms with Crippen molar-refractivity contribution < 1.29 is 4.74 Å². The fraction of sp³-hybridized carbons (Fsp3) is 0.688. The van der Waals surface area contributed by atoms with Gasteiger partial charge >= 0.3 is 0 Å². The molecule has 5 nitrogen and oxygen atoms in total. The summed E-state index contributed by atoms with van der Waals surface area (Å²) in [6, 6.07) is 4.41. The third-order valence-corrected chi connectivity index (χ3v) is 4.03. The van der Waals surface area contributed by atoms with Gasteiger partial charge in [-0.25, -0.2) is 0 Å². The predicted octanol–water partition coefficient (Wildman–Crippen LogP) is 2.23. The molecule has 1 fully saturated rings. The number of piperidine rings is 1. The summed E-state index contributed by atoms with van der Waals surface area (Å²) >= 11 is 0. The molecular formula is C16H28N4O. The van der Waals surface area contributed by atoms with Crippen LogP contribution in [0.3, 0.4) is 0 Å². The van der Waals surface area contributed by atoms with Gasteiger partial charge in [-0.15, -0.1) is 0 Å². The molecule has 0 unspecified atom stereocenters. The smallest absolute Gasteiger partial charge is 0.239 e. The number of nitrogens with zero attached hydrogens (tertiary/aromatic N) is 3. The lowest BCUT2D eigenvalue weighted by molar-refractivity contribution is 0.251. The highest BCUT2D eigenvalue weighted by atomic mass is 16.5. The fourth-order valence-electron chi connectivity index (χ4n) is 2.57. The molecule has 2 N–H and O–H groups in total. The highest BCUT2D eigenvalue weighted by Crippen LogP contribution is 2.26. The van der Waals surface area contributed by atoms with Crippen molar-refractivity contribution in [2.75, 3.05) is 44.4 Å². The lowest BCUT2D eigenvalue weighted by Gasteiger charge is -2.35. The van der Waals surface area contributed by atoms with Gasteiger partial charge in [0.05, 0.1) is 12.3 Å². The van der Waals surface area contributed by atoms with Crippen molar-refractivity contribution in [3.63, 3.8) is 0 Å². The molecule has 0 spiro atoms. The molecule has 0 bridgehead atoms. The first-order chi connectivity index (χ1) is 9.97. The molecule has 1 aliphatic rings. The molecule has 1 aromatic heterocycles. The SMILES string of the molecule is CC(C)COc1nc(N(C)C2CCN(C)CC2)ccc1N. The summed E-state index contributed by atoms with van der Waals surface area (Å²) in [5.74, 6) is 1.96. The van der Waals surface area contributed by atoms with E-state index >= 15 is 0 Å². The third-order valence-electron chi connectivity index (χ3n) is 4.03. The van der Waals surface area contributed by atoms with Crippen LogP contribution < -0.4 is 15.4 Å². The van der Waals surface area contributed by atoms with Crippen LogP contribution in [-0.2, 0) is 0 Å². The van der Waals surface area contributed by atoms with Crippen molar-refractivity contribution >= 4 is 11.5 Å². The van der Waals surface area contributed by atoms with Gasteiger partial charge < -0.3 is 20.3 Å². The van der Waals surface area contributed by atoms with E-state index < -0.39 is 0 Å². The summed E-state index contributed by atoms with van der Waals surface area (Å²) in [7, 11) is 4.29. The van der Waals surface area contributed by atoms with Gasteiger partial charge in [-0.1, -0.05) is 13.8 Å². The maximum atomic E-state index is 5.96. The molecule has 5 heteroatoms. The Labute approximate surface area is 128 Å². The van der Waals surface area contributed by atoms with Crippen molar-refractivity contribution in [2.24, 2.45) is 5.92 Å².